The van der Waals surface area contributed by atoms with Crippen molar-refractivity contribution in [2.75, 3.05) is 19.6 Å². The lowest BCUT2D eigenvalue weighted by Crippen LogP contribution is -2.49. The largest absolute Gasteiger partial charge is 0.338 e. The summed E-state index contributed by atoms with van der Waals surface area (Å²) >= 11 is 0. The maximum Gasteiger partial charge on any atom is 0.263 e. The third kappa shape index (κ3) is 3.94. The molecule has 2 aliphatic rings. The number of nitrogens with one attached hydrogen (secondary N) is 3. The molecule has 1 amide bonds. The highest BCUT2D eigenvalue weighted by atomic mass is 16.2. The first-order chi connectivity index (χ1) is 13.2. The van der Waals surface area contributed by atoms with Gasteiger partial charge in [0.25, 0.3) is 11.5 Å². The maximum atomic E-state index is 12.8. The smallest absolute Gasteiger partial charge is 0.263 e. The van der Waals surface area contributed by atoms with E-state index in [1.807, 2.05) is 6.07 Å². The molecule has 0 spiro atoms. The second-order valence-electron chi connectivity index (χ2n) is 7.45. The topological polar surface area (TPSA) is 90.1 Å². The number of benzene rings is 1. The number of amides is 1. The zero-order valence-corrected chi connectivity index (χ0v) is 15.2. The van der Waals surface area contributed by atoms with Crippen molar-refractivity contribution in [3.05, 3.63) is 64.3 Å². The molecule has 0 aliphatic carbocycles. The summed E-state index contributed by atoms with van der Waals surface area (Å²) < 4.78 is 0. The first kappa shape index (κ1) is 17.9. The Labute approximate surface area is 158 Å². The molecule has 27 heavy (non-hydrogen) atoms. The van der Waals surface area contributed by atoms with Crippen molar-refractivity contribution < 1.29 is 4.79 Å². The van der Waals surface area contributed by atoms with E-state index in [1.165, 1.54) is 18.1 Å². The number of likely N-dealkylation sites (tertiary alicyclic amines) is 1. The van der Waals surface area contributed by atoms with Gasteiger partial charge in [-0.1, -0.05) is 30.3 Å². The molecule has 142 valence electrons. The first-order valence-corrected chi connectivity index (χ1v) is 9.56. The summed E-state index contributed by atoms with van der Waals surface area (Å²) in [6.07, 6.45) is 5.71. The van der Waals surface area contributed by atoms with Crippen LogP contribution in [0, 0.1) is 11.8 Å². The summed E-state index contributed by atoms with van der Waals surface area (Å²) in [5.41, 5.74) is 7.83. The van der Waals surface area contributed by atoms with E-state index < -0.39 is 0 Å². The van der Waals surface area contributed by atoms with Gasteiger partial charge in [-0.2, -0.15) is 0 Å². The Morgan fingerprint density at radius 1 is 1.26 bits per heavy atom. The van der Waals surface area contributed by atoms with E-state index in [1.54, 1.807) is 4.90 Å². The van der Waals surface area contributed by atoms with Crippen LogP contribution >= 0.6 is 0 Å². The molecule has 4 rings (SSSR count). The Balaban J connectivity index is 1.45. The molecular weight excluding hydrogens is 342 g/mol. The summed E-state index contributed by atoms with van der Waals surface area (Å²) in [6.45, 7) is 2.28. The summed E-state index contributed by atoms with van der Waals surface area (Å²) in [5.74, 6) is 0.621. The van der Waals surface area contributed by atoms with Crippen LogP contribution in [0.5, 0.6) is 0 Å². The maximum absolute atomic E-state index is 12.8. The van der Waals surface area contributed by atoms with Gasteiger partial charge < -0.3 is 9.88 Å². The molecule has 2 aliphatic heterocycles. The average Bonchev–Trinajstić information content (AvgIpc) is 3.17. The molecule has 3 heterocycles. The summed E-state index contributed by atoms with van der Waals surface area (Å²) in [7, 11) is 0. The summed E-state index contributed by atoms with van der Waals surface area (Å²) in [5, 5.41) is 0. The Bertz CT molecular complexity index is 838. The van der Waals surface area contributed by atoms with E-state index in [0.717, 1.165) is 25.8 Å². The van der Waals surface area contributed by atoms with Crippen LogP contribution in [0.1, 0.15) is 28.8 Å². The molecule has 1 aromatic carbocycles. The lowest BCUT2D eigenvalue weighted by Gasteiger charge is -2.37. The van der Waals surface area contributed by atoms with Crippen LogP contribution in [-0.2, 0) is 6.42 Å². The molecule has 2 saturated heterocycles. The average molecular weight is 367 g/mol. The van der Waals surface area contributed by atoms with Crippen LogP contribution in [0.15, 0.2) is 47.7 Å². The van der Waals surface area contributed by atoms with Crippen molar-refractivity contribution in [1.29, 1.82) is 0 Å². The van der Waals surface area contributed by atoms with E-state index in [-0.39, 0.29) is 17.0 Å². The van der Waals surface area contributed by atoms with Crippen molar-refractivity contribution >= 4 is 5.91 Å². The second kappa shape index (κ2) is 8.02. The Kier molecular flexibility index (Phi) is 5.31. The molecule has 7 nitrogen and oxygen atoms in total. The van der Waals surface area contributed by atoms with Gasteiger partial charge in [-0.05, 0) is 36.7 Å². The highest BCUT2D eigenvalue weighted by molar-refractivity contribution is 5.93. The predicted molar refractivity (Wildman–Crippen MR) is 102 cm³/mol. The molecule has 0 saturated carbocycles. The van der Waals surface area contributed by atoms with Crippen molar-refractivity contribution in [2.45, 2.75) is 25.3 Å². The predicted octanol–water partition coefficient (Wildman–Crippen LogP) is 0.957. The molecule has 3 N–H and O–H groups in total. The van der Waals surface area contributed by atoms with Gasteiger partial charge in [0.05, 0.1) is 6.33 Å². The number of carbonyl (C=O) groups excluding carboxylic acids is 1. The van der Waals surface area contributed by atoms with E-state index >= 15 is 0 Å². The van der Waals surface area contributed by atoms with Gasteiger partial charge in [-0.15, -0.1) is 0 Å². The van der Waals surface area contributed by atoms with E-state index in [9.17, 15) is 9.59 Å². The normalized spacial score (nSPS) is 25.5. The zero-order valence-electron chi connectivity index (χ0n) is 15.2. The number of hydrogen-bond donors (Lipinski definition) is 3. The van der Waals surface area contributed by atoms with E-state index in [4.69, 9.17) is 0 Å². The molecular formula is C20H25N5O2. The van der Waals surface area contributed by atoms with Crippen LogP contribution in [0.4, 0.5) is 0 Å². The zero-order chi connectivity index (χ0) is 18.6. The minimum Gasteiger partial charge on any atom is -0.338 e. The van der Waals surface area contributed by atoms with Gasteiger partial charge in [-0.25, -0.2) is 4.98 Å². The number of rotatable bonds is 4. The molecule has 0 bridgehead atoms. The SMILES string of the molecule is O=C(c1cnc[nH]c1=O)N1CCCC(C2NNCC2Cc2ccccc2)C1. The second-order valence-corrected chi connectivity index (χ2v) is 7.45. The molecule has 1 aromatic heterocycles. The van der Waals surface area contributed by atoms with Gasteiger partial charge in [0.1, 0.15) is 5.56 Å². The number of carbonyl (C=O) groups is 1. The van der Waals surface area contributed by atoms with Gasteiger partial charge in [0.2, 0.25) is 0 Å². The quantitative estimate of drug-likeness (QED) is 0.749. The van der Waals surface area contributed by atoms with E-state index in [0.29, 0.717) is 31.0 Å². The summed E-state index contributed by atoms with van der Waals surface area (Å²) in [6, 6.07) is 10.8. The van der Waals surface area contributed by atoms with E-state index in [2.05, 4.69) is 45.1 Å². The number of aromatic amines is 1. The van der Waals surface area contributed by atoms with Crippen LogP contribution in [-0.4, -0.2) is 46.5 Å². The number of hydrogen-bond acceptors (Lipinski definition) is 5. The fourth-order valence-corrected chi connectivity index (χ4v) is 4.33. The monoisotopic (exact) mass is 367 g/mol. The number of H-pyrrole nitrogens is 1. The van der Waals surface area contributed by atoms with Crippen LogP contribution in [0.2, 0.25) is 0 Å². The Hall–Kier alpha value is -2.51. The highest BCUT2D eigenvalue weighted by Crippen LogP contribution is 2.28. The first-order valence-electron chi connectivity index (χ1n) is 9.56. The summed E-state index contributed by atoms with van der Waals surface area (Å²) in [4.78, 5) is 32.9. The Morgan fingerprint density at radius 3 is 2.93 bits per heavy atom. The molecule has 2 aromatic rings. The van der Waals surface area contributed by atoms with Gasteiger partial charge in [0.15, 0.2) is 0 Å². The highest BCUT2D eigenvalue weighted by Gasteiger charge is 2.37. The van der Waals surface area contributed by atoms with Crippen LogP contribution in [0.3, 0.4) is 0 Å². The molecule has 0 radical (unpaired) electrons. The molecule has 3 atom stereocenters. The minimum absolute atomic E-state index is 0.122. The van der Waals surface area contributed by atoms with Gasteiger partial charge in [0, 0.05) is 31.9 Å². The van der Waals surface area contributed by atoms with Crippen LogP contribution < -0.4 is 16.4 Å². The van der Waals surface area contributed by atoms with Crippen molar-refractivity contribution in [3.63, 3.8) is 0 Å². The molecule has 7 heteroatoms. The third-order valence-corrected chi connectivity index (χ3v) is 5.68. The van der Waals surface area contributed by atoms with Gasteiger partial charge >= 0.3 is 0 Å². The van der Waals surface area contributed by atoms with Crippen LogP contribution in [0.25, 0.3) is 0 Å². The van der Waals surface area contributed by atoms with Crippen molar-refractivity contribution in [3.8, 4) is 0 Å². The minimum atomic E-state index is -0.375. The lowest BCUT2D eigenvalue weighted by atomic mass is 9.81. The van der Waals surface area contributed by atoms with Gasteiger partial charge in [-0.3, -0.25) is 20.4 Å². The third-order valence-electron chi connectivity index (χ3n) is 5.68. The fourth-order valence-electron chi connectivity index (χ4n) is 4.33. The fraction of sp³-hybridized carbons (Fsp3) is 0.450. The standard InChI is InChI=1S/C20H25N5O2/c26-19-17(11-21-13-22-19)20(27)25-8-4-7-15(12-25)18-16(10-23-24-18)9-14-5-2-1-3-6-14/h1-3,5-6,11,13,15-16,18,23-24H,4,7-10,12H2,(H,21,22,26). The molecule has 2 fully saturated rings. The number of hydrazine groups is 1. The Morgan fingerprint density at radius 2 is 2.11 bits per heavy atom. The number of piperidine rings is 1. The molecule has 3 unspecified atom stereocenters. The van der Waals surface area contributed by atoms with Crippen molar-refractivity contribution in [1.82, 2.24) is 25.7 Å². The number of nitrogens with zero attached hydrogens (tertiary/aromatic N) is 2. The number of aromatic nitrogens is 2. The lowest BCUT2D eigenvalue weighted by molar-refractivity contribution is 0.0632. The van der Waals surface area contributed by atoms with Crippen molar-refractivity contribution in [2.24, 2.45) is 11.8 Å².